The molecule has 1 atom stereocenters. The first-order valence-corrected chi connectivity index (χ1v) is 7.34. The zero-order valence-corrected chi connectivity index (χ0v) is 11.3. The smallest absolute Gasteiger partial charge is 0.119 e. The summed E-state index contributed by atoms with van der Waals surface area (Å²) in [6.45, 7) is 2.48. The highest BCUT2D eigenvalue weighted by Gasteiger charge is 2.19. The molecule has 3 nitrogen and oxygen atoms in total. The van der Waals surface area contributed by atoms with Gasteiger partial charge in [-0.2, -0.15) is 0 Å². The molecule has 1 aliphatic heterocycles. The topological polar surface area (TPSA) is 38.7 Å². The van der Waals surface area contributed by atoms with Crippen molar-refractivity contribution in [1.82, 2.24) is 0 Å². The molecule has 1 heterocycles. The molecular weight excluding hydrogens is 240 g/mol. The van der Waals surface area contributed by atoms with E-state index in [-0.39, 0.29) is 6.10 Å². The molecule has 104 valence electrons. The fraction of sp³-hybridized carbons (Fsp3) is 0.625. The van der Waals surface area contributed by atoms with Crippen molar-refractivity contribution in [2.75, 3.05) is 19.8 Å². The van der Waals surface area contributed by atoms with Crippen LogP contribution in [0.15, 0.2) is 18.2 Å². The van der Waals surface area contributed by atoms with Crippen LogP contribution in [-0.4, -0.2) is 24.9 Å². The van der Waals surface area contributed by atoms with Gasteiger partial charge < -0.3 is 14.6 Å². The first-order valence-electron chi connectivity index (χ1n) is 7.34. The third-order valence-electron chi connectivity index (χ3n) is 4.23. The molecule has 0 saturated carbocycles. The van der Waals surface area contributed by atoms with Crippen LogP contribution in [0.5, 0.6) is 5.75 Å². The predicted molar refractivity (Wildman–Crippen MR) is 73.4 cm³/mol. The number of benzene rings is 1. The van der Waals surface area contributed by atoms with Crippen LogP contribution in [-0.2, 0) is 11.2 Å². The second kappa shape index (κ2) is 5.93. The third-order valence-corrected chi connectivity index (χ3v) is 4.23. The van der Waals surface area contributed by atoms with Crippen molar-refractivity contribution >= 4 is 0 Å². The minimum atomic E-state index is -0.310. The Balaban J connectivity index is 1.63. The molecule has 19 heavy (non-hydrogen) atoms. The highest BCUT2D eigenvalue weighted by Crippen LogP contribution is 2.32. The molecule has 3 rings (SSSR count). The molecular formula is C16H22O3. The van der Waals surface area contributed by atoms with Crippen molar-refractivity contribution in [1.29, 1.82) is 0 Å². The Morgan fingerprint density at radius 1 is 1.21 bits per heavy atom. The number of aliphatic hydroxyl groups is 1. The Kier molecular flexibility index (Phi) is 4.04. The normalized spacial score (nSPS) is 23.9. The van der Waals surface area contributed by atoms with Gasteiger partial charge >= 0.3 is 0 Å². The van der Waals surface area contributed by atoms with E-state index in [0.717, 1.165) is 63.2 Å². The van der Waals surface area contributed by atoms with E-state index in [2.05, 4.69) is 6.07 Å². The van der Waals surface area contributed by atoms with Crippen LogP contribution in [0.4, 0.5) is 0 Å². The third kappa shape index (κ3) is 3.10. The fourth-order valence-electron chi connectivity index (χ4n) is 2.97. The highest BCUT2D eigenvalue weighted by atomic mass is 16.5. The summed E-state index contributed by atoms with van der Waals surface area (Å²) >= 11 is 0. The van der Waals surface area contributed by atoms with Crippen LogP contribution in [0, 0.1) is 5.92 Å². The Bertz CT molecular complexity index is 424. The van der Waals surface area contributed by atoms with Gasteiger partial charge in [0.15, 0.2) is 0 Å². The Labute approximate surface area is 114 Å². The van der Waals surface area contributed by atoms with Crippen LogP contribution < -0.4 is 4.74 Å². The average Bonchev–Trinajstić information content (AvgIpc) is 2.47. The van der Waals surface area contributed by atoms with Crippen molar-refractivity contribution in [3.8, 4) is 5.75 Å². The largest absolute Gasteiger partial charge is 0.493 e. The first kappa shape index (κ1) is 12.9. The lowest BCUT2D eigenvalue weighted by atomic mass is 9.89. The number of fused-ring (bicyclic) bond motifs is 1. The predicted octanol–water partition coefficient (Wildman–Crippen LogP) is 2.86. The van der Waals surface area contributed by atoms with Gasteiger partial charge in [-0.25, -0.2) is 0 Å². The van der Waals surface area contributed by atoms with E-state index >= 15 is 0 Å². The Hall–Kier alpha value is -1.06. The molecule has 0 bridgehead atoms. The van der Waals surface area contributed by atoms with Gasteiger partial charge in [-0.15, -0.1) is 0 Å². The monoisotopic (exact) mass is 262 g/mol. The van der Waals surface area contributed by atoms with Gasteiger partial charge in [-0.3, -0.25) is 0 Å². The molecule has 1 aliphatic carbocycles. The number of hydrogen-bond acceptors (Lipinski definition) is 3. The summed E-state index contributed by atoms with van der Waals surface area (Å²) in [7, 11) is 0. The van der Waals surface area contributed by atoms with Gasteiger partial charge in [-0.05, 0) is 61.3 Å². The molecule has 2 aliphatic rings. The molecule has 0 amide bonds. The first-order chi connectivity index (χ1) is 9.33. The summed E-state index contributed by atoms with van der Waals surface area (Å²) in [6.07, 6.45) is 4.90. The maximum Gasteiger partial charge on any atom is 0.119 e. The highest BCUT2D eigenvalue weighted by molar-refractivity contribution is 5.38. The molecule has 1 fully saturated rings. The summed E-state index contributed by atoms with van der Waals surface area (Å²) in [5.74, 6) is 1.50. The lowest BCUT2D eigenvalue weighted by Gasteiger charge is -2.24. The van der Waals surface area contributed by atoms with E-state index in [0.29, 0.717) is 5.92 Å². The minimum Gasteiger partial charge on any atom is -0.493 e. The molecule has 0 radical (unpaired) electrons. The van der Waals surface area contributed by atoms with Crippen molar-refractivity contribution < 1.29 is 14.6 Å². The molecule has 0 unspecified atom stereocenters. The zero-order chi connectivity index (χ0) is 13.1. The molecule has 1 N–H and O–H groups in total. The van der Waals surface area contributed by atoms with Crippen LogP contribution in [0.3, 0.4) is 0 Å². The van der Waals surface area contributed by atoms with Crippen LogP contribution >= 0.6 is 0 Å². The molecule has 1 saturated heterocycles. The van der Waals surface area contributed by atoms with Gasteiger partial charge in [0.25, 0.3) is 0 Å². The van der Waals surface area contributed by atoms with E-state index in [1.807, 2.05) is 12.1 Å². The van der Waals surface area contributed by atoms with E-state index in [1.165, 1.54) is 5.56 Å². The standard InChI is InChI=1S/C16H22O3/c17-16-3-1-2-13-4-5-14(10-15(13)16)19-11-12-6-8-18-9-7-12/h4-5,10,12,16-17H,1-3,6-9,11H2/t16-/m0/s1. The van der Waals surface area contributed by atoms with E-state index in [9.17, 15) is 5.11 Å². The molecule has 1 aromatic carbocycles. The molecule has 0 aromatic heterocycles. The van der Waals surface area contributed by atoms with Gasteiger partial charge in [0.2, 0.25) is 0 Å². The van der Waals surface area contributed by atoms with Crippen molar-refractivity contribution in [3.05, 3.63) is 29.3 Å². The van der Waals surface area contributed by atoms with Crippen LogP contribution in [0.1, 0.15) is 42.9 Å². The number of rotatable bonds is 3. The summed E-state index contributed by atoms with van der Waals surface area (Å²) in [5, 5.41) is 10.0. The maximum atomic E-state index is 10.0. The van der Waals surface area contributed by atoms with Gasteiger partial charge in [0.1, 0.15) is 5.75 Å². The zero-order valence-electron chi connectivity index (χ0n) is 11.3. The van der Waals surface area contributed by atoms with Gasteiger partial charge in [-0.1, -0.05) is 6.07 Å². The van der Waals surface area contributed by atoms with Crippen molar-refractivity contribution in [3.63, 3.8) is 0 Å². The van der Waals surface area contributed by atoms with Crippen LogP contribution in [0.2, 0.25) is 0 Å². The van der Waals surface area contributed by atoms with Crippen LogP contribution in [0.25, 0.3) is 0 Å². The second-order valence-corrected chi connectivity index (χ2v) is 5.64. The van der Waals surface area contributed by atoms with Crippen molar-refractivity contribution in [2.24, 2.45) is 5.92 Å². The molecule has 1 aromatic rings. The van der Waals surface area contributed by atoms with E-state index in [1.54, 1.807) is 0 Å². The number of hydrogen-bond donors (Lipinski definition) is 1. The molecule has 3 heteroatoms. The summed E-state index contributed by atoms with van der Waals surface area (Å²) in [6, 6.07) is 6.17. The number of ether oxygens (including phenoxy) is 2. The quantitative estimate of drug-likeness (QED) is 0.910. The van der Waals surface area contributed by atoms with E-state index in [4.69, 9.17) is 9.47 Å². The number of aliphatic hydroxyl groups excluding tert-OH is 1. The number of aryl methyl sites for hydroxylation is 1. The minimum absolute atomic E-state index is 0.310. The SMILES string of the molecule is O[C@H]1CCCc2ccc(OCC3CCOCC3)cc21. The lowest BCUT2D eigenvalue weighted by molar-refractivity contribution is 0.0497. The Morgan fingerprint density at radius 3 is 2.89 bits per heavy atom. The maximum absolute atomic E-state index is 10.0. The molecule has 0 spiro atoms. The van der Waals surface area contributed by atoms with Gasteiger partial charge in [0.05, 0.1) is 12.7 Å². The lowest BCUT2D eigenvalue weighted by Crippen LogP contribution is -2.21. The summed E-state index contributed by atoms with van der Waals surface area (Å²) in [4.78, 5) is 0. The fourth-order valence-corrected chi connectivity index (χ4v) is 2.97. The second-order valence-electron chi connectivity index (χ2n) is 5.64. The van der Waals surface area contributed by atoms with E-state index < -0.39 is 0 Å². The summed E-state index contributed by atoms with van der Waals surface area (Å²) in [5.41, 5.74) is 2.34. The van der Waals surface area contributed by atoms with Gasteiger partial charge in [0, 0.05) is 13.2 Å². The summed E-state index contributed by atoms with van der Waals surface area (Å²) < 4.78 is 11.2. The van der Waals surface area contributed by atoms with Crippen molar-refractivity contribution in [2.45, 2.75) is 38.2 Å². The average molecular weight is 262 g/mol. The Morgan fingerprint density at radius 2 is 2.05 bits per heavy atom.